The molecule has 0 bridgehead atoms. The van der Waals surface area contributed by atoms with E-state index in [0.717, 1.165) is 42.9 Å². The molecule has 3 aromatic rings. The predicted octanol–water partition coefficient (Wildman–Crippen LogP) is 5.26. The second kappa shape index (κ2) is 9.23. The molecule has 6 rings (SSSR count). The van der Waals surface area contributed by atoms with E-state index in [1.54, 1.807) is 19.1 Å². The average molecular weight is 497 g/mol. The molecule has 0 radical (unpaired) electrons. The molecule has 3 aromatic carbocycles. The van der Waals surface area contributed by atoms with Crippen molar-refractivity contribution >= 4 is 17.6 Å². The molecule has 2 fully saturated rings. The third-order valence-electron chi connectivity index (χ3n) is 8.26. The summed E-state index contributed by atoms with van der Waals surface area (Å²) in [6, 6.07) is 23.8. The Labute approximate surface area is 217 Å². The zero-order valence-electron chi connectivity index (χ0n) is 21.3. The second-order valence-corrected chi connectivity index (χ2v) is 10.1. The summed E-state index contributed by atoms with van der Waals surface area (Å²) in [5, 5.41) is 9.45. The van der Waals surface area contributed by atoms with Crippen LogP contribution in [0, 0.1) is 5.41 Å². The zero-order chi connectivity index (χ0) is 25.6. The number of nitrogens with zero attached hydrogens (tertiary/aromatic N) is 3. The van der Waals surface area contributed by atoms with Gasteiger partial charge in [-0.2, -0.15) is 0 Å². The average Bonchev–Trinajstić information content (AvgIpc) is 3.14. The van der Waals surface area contributed by atoms with Crippen molar-refractivity contribution in [1.29, 1.82) is 5.41 Å². The number of methoxy groups -OCH3 is 2. The Hall–Kier alpha value is -3.84. The third-order valence-corrected chi connectivity index (χ3v) is 8.26. The topological polar surface area (TPSA) is 69.1 Å². The predicted molar refractivity (Wildman–Crippen MR) is 144 cm³/mol. The Morgan fingerprint density at radius 3 is 2.32 bits per heavy atom. The molecule has 3 aliphatic heterocycles. The van der Waals surface area contributed by atoms with Gasteiger partial charge in [0, 0.05) is 25.7 Å². The SMILES string of the molecule is COc1cc2c(cc1OC)[C@@H]1C[C@]3(CCN1CC2)C(=N)N(c1ccccc1)C(=O)N3Cc1ccccc1. The van der Waals surface area contributed by atoms with Gasteiger partial charge in [0.05, 0.1) is 19.9 Å². The highest BCUT2D eigenvalue weighted by molar-refractivity contribution is 6.24. The number of carbonyl (C=O) groups excluding carboxylic acids is 1. The first kappa shape index (κ1) is 23.6. The van der Waals surface area contributed by atoms with E-state index in [4.69, 9.17) is 9.47 Å². The molecule has 3 heterocycles. The van der Waals surface area contributed by atoms with Crippen LogP contribution in [0.4, 0.5) is 10.5 Å². The highest BCUT2D eigenvalue weighted by Crippen LogP contribution is 2.49. The number of para-hydroxylation sites is 1. The van der Waals surface area contributed by atoms with Crippen molar-refractivity contribution in [2.75, 3.05) is 32.2 Å². The van der Waals surface area contributed by atoms with Crippen LogP contribution in [0.1, 0.15) is 35.6 Å². The van der Waals surface area contributed by atoms with Crippen molar-refractivity contribution in [3.63, 3.8) is 0 Å². The van der Waals surface area contributed by atoms with Crippen LogP contribution in [0.5, 0.6) is 11.5 Å². The number of hydrogen-bond donors (Lipinski definition) is 1. The Balaban J connectivity index is 1.44. The number of hydrogen-bond acceptors (Lipinski definition) is 5. The smallest absolute Gasteiger partial charge is 0.331 e. The number of anilines is 1. The molecule has 1 N–H and O–H groups in total. The van der Waals surface area contributed by atoms with Crippen molar-refractivity contribution in [2.45, 2.75) is 37.4 Å². The van der Waals surface area contributed by atoms with Crippen molar-refractivity contribution in [1.82, 2.24) is 9.80 Å². The molecule has 2 saturated heterocycles. The number of nitrogens with one attached hydrogen (secondary N) is 1. The monoisotopic (exact) mass is 496 g/mol. The largest absolute Gasteiger partial charge is 0.493 e. The molecular formula is C30H32N4O3. The van der Waals surface area contributed by atoms with Crippen LogP contribution in [0.25, 0.3) is 0 Å². The van der Waals surface area contributed by atoms with Gasteiger partial charge in [0.1, 0.15) is 11.4 Å². The molecule has 2 amide bonds. The number of rotatable bonds is 5. The van der Waals surface area contributed by atoms with Crippen LogP contribution < -0.4 is 14.4 Å². The normalized spacial score (nSPS) is 23.2. The summed E-state index contributed by atoms with van der Waals surface area (Å²) in [7, 11) is 3.33. The van der Waals surface area contributed by atoms with Gasteiger partial charge >= 0.3 is 6.03 Å². The lowest BCUT2D eigenvalue weighted by Crippen LogP contribution is -2.58. The molecule has 7 nitrogen and oxygen atoms in total. The minimum Gasteiger partial charge on any atom is -0.493 e. The van der Waals surface area contributed by atoms with Crippen molar-refractivity contribution in [3.8, 4) is 11.5 Å². The number of benzene rings is 3. The van der Waals surface area contributed by atoms with Crippen LogP contribution in [0.2, 0.25) is 0 Å². The number of amidine groups is 1. The van der Waals surface area contributed by atoms with E-state index in [1.807, 2.05) is 53.4 Å². The van der Waals surface area contributed by atoms with E-state index in [9.17, 15) is 10.2 Å². The summed E-state index contributed by atoms with van der Waals surface area (Å²) >= 11 is 0. The van der Waals surface area contributed by atoms with Gasteiger partial charge in [-0.25, -0.2) is 9.69 Å². The van der Waals surface area contributed by atoms with E-state index < -0.39 is 5.54 Å². The quantitative estimate of drug-likeness (QED) is 0.524. The van der Waals surface area contributed by atoms with Gasteiger partial charge in [-0.15, -0.1) is 0 Å². The summed E-state index contributed by atoms with van der Waals surface area (Å²) in [4.78, 5) is 20.1. The number of ether oxygens (including phenoxy) is 2. The van der Waals surface area contributed by atoms with Gasteiger partial charge in [-0.05, 0) is 60.2 Å². The van der Waals surface area contributed by atoms with Crippen LogP contribution >= 0.6 is 0 Å². The van der Waals surface area contributed by atoms with E-state index in [1.165, 1.54) is 11.1 Å². The number of carbonyl (C=O) groups is 1. The fraction of sp³-hybridized carbons (Fsp3) is 0.333. The van der Waals surface area contributed by atoms with E-state index in [2.05, 4.69) is 29.2 Å². The van der Waals surface area contributed by atoms with Gasteiger partial charge in [-0.1, -0.05) is 48.5 Å². The van der Waals surface area contributed by atoms with Crippen LogP contribution in [-0.4, -0.2) is 54.5 Å². The fourth-order valence-electron chi connectivity index (χ4n) is 6.33. The molecule has 2 atom stereocenters. The van der Waals surface area contributed by atoms with Crippen LogP contribution in [0.3, 0.4) is 0 Å². The molecule has 37 heavy (non-hydrogen) atoms. The lowest BCUT2D eigenvalue weighted by molar-refractivity contribution is 0.0508. The van der Waals surface area contributed by atoms with E-state index in [0.29, 0.717) is 24.6 Å². The molecule has 0 saturated carbocycles. The highest BCUT2D eigenvalue weighted by Gasteiger charge is 2.58. The van der Waals surface area contributed by atoms with Gasteiger partial charge in [-0.3, -0.25) is 10.3 Å². The maximum Gasteiger partial charge on any atom is 0.331 e. The molecule has 0 aromatic heterocycles. The van der Waals surface area contributed by atoms with E-state index >= 15 is 0 Å². The Bertz CT molecular complexity index is 1330. The van der Waals surface area contributed by atoms with E-state index in [-0.39, 0.29) is 12.1 Å². The van der Waals surface area contributed by atoms with Gasteiger partial charge in [0.2, 0.25) is 0 Å². The maximum absolute atomic E-state index is 14.0. The summed E-state index contributed by atoms with van der Waals surface area (Å²) < 4.78 is 11.2. The minimum absolute atomic E-state index is 0.0828. The van der Waals surface area contributed by atoms with Gasteiger partial charge < -0.3 is 14.4 Å². The molecule has 7 heteroatoms. The number of piperidine rings is 1. The van der Waals surface area contributed by atoms with Crippen LogP contribution in [0.15, 0.2) is 72.8 Å². The molecule has 0 aliphatic carbocycles. The summed E-state index contributed by atoms with van der Waals surface area (Å²) in [5.74, 6) is 1.82. The molecule has 0 unspecified atom stereocenters. The molecular weight excluding hydrogens is 464 g/mol. The first-order chi connectivity index (χ1) is 18.1. The summed E-state index contributed by atoms with van der Waals surface area (Å²) in [6.45, 7) is 2.24. The Morgan fingerprint density at radius 1 is 0.946 bits per heavy atom. The third kappa shape index (κ3) is 3.76. The minimum atomic E-state index is -0.703. The first-order valence-electron chi connectivity index (χ1n) is 12.8. The van der Waals surface area contributed by atoms with Crippen molar-refractivity contribution in [2.24, 2.45) is 0 Å². The lowest BCUT2D eigenvalue weighted by atomic mass is 9.76. The number of amides is 2. The van der Waals surface area contributed by atoms with Crippen LogP contribution in [-0.2, 0) is 13.0 Å². The van der Waals surface area contributed by atoms with Gasteiger partial charge in [0.25, 0.3) is 0 Å². The number of fused-ring (bicyclic) bond motifs is 3. The molecule has 190 valence electrons. The van der Waals surface area contributed by atoms with Crippen molar-refractivity contribution < 1.29 is 14.3 Å². The van der Waals surface area contributed by atoms with Crippen molar-refractivity contribution in [3.05, 3.63) is 89.5 Å². The van der Waals surface area contributed by atoms with Gasteiger partial charge in [0.15, 0.2) is 11.5 Å². The highest BCUT2D eigenvalue weighted by atomic mass is 16.5. The maximum atomic E-state index is 14.0. The Kier molecular flexibility index (Phi) is 5.88. The standard InChI is InChI=1S/C30H32N4O3/c1-36-26-17-22-13-15-32-16-14-30(19-25(32)24(22)18-27(26)37-2)28(31)34(23-11-7-4-8-12-23)29(35)33(30)20-21-9-5-3-6-10-21/h3-12,17-18,25,31H,13-16,19-20H2,1-2H3/t25-,30+/m0/s1. The Morgan fingerprint density at radius 2 is 1.62 bits per heavy atom. The first-order valence-corrected chi connectivity index (χ1v) is 12.8. The zero-order valence-corrected chi connectivity index (χ0v) is 21.3. The number of urea groups is 1. The molecule has 1 spiro atoms. The fourth-order valence-corrected chi connectivity index (χ4v) is 6.33. The summed E-state index contributed by atoms with van der Waals surface area (Å²) in [6.07, 6.45) is 2.34. The second-order valence-electron chi connectivity index (χ2n) is 10.1. The molecule has 3 aliphatic rings. The lowest BCUT2D eigenvalue weighted by Gasteiger charge is -2.50. The summed E-state index contributed by atoms with van der Waals surface area (Å²) in [5.41, 5.74) is 3.56.